The van der Waals surface area contributed by atoms with Crippen LogP contribution in [0.5, 0.6) is 0 Å². The molecule has 2 unspecified atom stereocenters. The van der Waals surface area contributed by atoms with Gasteiger partial charge in [0.25, 0.3) is 0 Å². The fourth-order valence-electron chi connectivity index (χ4n) is 1.20. The molecule has 0 aromatic carbocycles. The zero-order valence-electron chi connectivity index (χ0n) is 10.8. The third-order valence-electron chi connectivity index (χ3n) is 2.22. The van der Waals surface area contributed by atoms with Crippen LogP contribution in [0.3, 0.4) is 0 Å². The highest BCUT2D eigenvalue weighted by Gasteiger charge is 2.18. The van der Waals surface area contributed by atoms with Crippen molar-refractivity contribution in [3.63, 3.8) is 0 Å². The Hall–Kier alpha value is -1.10. The number of rotatable bonds is 6. The van der Waals surface area contributed by atoms with E-state index in [4.69, 9.17) is 0 Å². The van der Waals surface area contributed by atoms with Crippen LogP contribution in [0, 0.1) is 5.92 Å². The van der Waals surface area contributed by atoms with E-state index < -0.39 is 0 Å². The Morgan fingerprint density at radius 2 is 1.50 bits per heavy atom. The van der Waals surface area contributed by atoms with Crippen molar-refractivity contribution < 1.29 is 9.59 Å². The number of likely N-dealkylation sites (N-methyl/N-ethyl adjacent to an activating group) is 1. The maximum atomic E-state index is 11.6. The molecule has 0 heterocycles. The van der Waals surface area contributed by atoms with Crippen molar-refractivity contribution >= 4 is 11.8 Å². The van der Waals surface area contributed by atoms with Gasteiger partial charge in [-0.1, -0.05) is 13.8 Å². The fourth-order valence-corrected chi connectivity index (χ4v) is 1.20. The zero-order chi connectivity index (χ0) is 12.7. The molecule has 16 heavy (non-hydrogen) atoms. The minimum Gasteiger partial charge on any atom is -0.358 e. The van der Waals surface area contributed by atoms with Gasteiger partial charge >= 0.3 is 0 Å². The monoisotopic (exact) mass is 229 g/mol. The first-order valence-corrected chi connectivity index (χ1v) is 5.63. The van der Waals surface area contributed by atoms with Crippen LogP contribution in [0.2, 0.25) is 0 Å². The molecule has 0 radical (unpaired) electrons. The van der Waals surface area contributed by atoms with E-state index in [9.17, 15) is 9.59 Å². The summed E-state index contributed by atoms with van der Waals surface area (Å²) in [6, 6.07) is -0.740. The van der Waals surface area contributed by atoms with Crippen molar-refractivity contribution in [2.75, 3.05) is 13.6 Å². The number of nitrogens with one attached hydrogen (secondary N) is 3. The van der Waals surface area contributed by atoms with Gasteiger partial charge in [-0.25, -0.2) is 0 Å². The Kier molecular flexibility index (Phi) is 6.72. The quantitative estimate of drug-likeness (QED) is 0.594. The molecule has 5 heteroatoms. The molecule has 0 saturated carbocycles. The van der Waals surface area contributed by atoms with Gasteiger partial charge in [-0.3, -0.25) is 14.9 Å². The molecule has 2 atom stereocenters. The number of hydrogen-bond donors (Lipinski definition) is 3. The number of amides is 2. The smallest absolute Gasteiger partial charge is 0.236 e. The summed E-state index contributed by atoms with van der Waals surface area (Å²) in [6.07, 6.45) is 0. The molecule has 0 aliphatic carbocycles. The molecule has 5 nitrogen and oxygen atoms in total. The van der Waals surface area contributed by atoms with E-state index in [1.54, 1.807) is 20.9 Å². The minimum atomic E-state index is -0.371. The molecular weight excluding hydrogens is 206 g/mol. The van der Waals surface area contributed by atoms with E-state index in [1.807, 2.05) is 13.8 Å². The first-order chi connectivity index (χ1) is 7.38. The van der Waals surface area contributed by atoms with Gasteiger partial charge in [0.05, 0.1) is 12.1 Å². The molecule has 0 rings (SSSR count). The van der Waals surface area contributed by atoms with Crippen molar-refractivity contribution in [1.82, 2.24) is 16.0 Å². The maximum absolute atomic E-state index is 11.6. The summed E-state index contributed by atoms with van der Waals surface area (Å²) < 4.78 is 0. The third kappa shape index (κ3) is 5.70. The molecule has 0 fully saturated rings. The first kappa shape index (κ1) is 14.9. The van der Waals surface area contributed by atoms with Crippen LogP contribution in [0.25, 0.3) is 0 Å². The van der Waals surface area contributed by atoms with E-state index in [0.717, 1.165) is 0 Å². The van der Waals surface area contributed by atoms with E-state index in [0.29, 0.717) is 12.5 Å². The molecular formula is C11H23N3O2. The number of carbonyl (C=O) groups excluding carboxylic acids is 2. The summed E-state index contributed by atoms with van der Waals surface area (Å²) in [5, 5.41) is 8.27. The van der Waals surface area contributed by atoms with Gasteiger partial charge in [-0.2, -0.15) is 0 Å². The minimum absolute atomic E-state index is 0.0792. The van der Waals surface area contributed by atoms with Crippen LogP contribution < -0.4 is 16.0 Å². The predicted molar refractivity (Wildman–Crippen MR) is 64.0 cm³/mol. The molecule has 0 aliphatic rings. The van der Waals surface area contributed by atoms with Gasteiger partial charge in [-0.15, -0.1) is 0 Å². The van der Waals surface area contributed by atoms with E-state index in [-0.39, 0.29) is 23.9 Å². The largest absolute Gasteiger partial charge is 0.358 e. The first-order valence-electron chi connectivity index (χ1n) is 5.63. The van der Waals surface area contributed by atoms with Crippen LogP contribution in [-0.2, 0) is 9.59 Å². The van der Waals surface area contributed by atoms with Gasteiger partial charge < -0.3 is 10.6 Å². The van der Waals surface area contributed by atoms with Crippen molar-refractivity contribution in [2.45, 2.75) is 39.8 Å². The summed E-state index contributed by atoms with van der Waals surface area (Å²) in [5.41, 5.74) is 0. The average Bonchev–Trinajstić information content (AvgIpc) is 2.24. The SMILES string of the molecule is CNC(=O)C(C)NC(C)C(=O)NCC(C)C. The highest BCUT2D eigenvalue weighted by molar-refractivity contribution is 5.84. The van der Waals surface area contributed by atoms with Crippen LogP contribution in [-0.4, -0.2) is 37.5 Å². The topological polar surface area (TPSA) is 70.2 Å². The van der Waals surface area contributed by atoms with E-state index >= 15 is 0 Å². The van der Waals surface area contributed by atoms with Crippen LogP contribution in [0.4, 0.5) is 0 Å². The van der Waals surface area contributed by atoms with Crippen molar-refractivity contribution in [1.29, 1.82) is 0 Å². The summed E-state index contributed by atoms with van der Waals surface area (Å²) in [7, 11) is 1.57. The third-order valence-corrected chi connectivity index (χ3v) is 2.22. The molecule has 2 amide bonds. The summed E-state index contributed by atoms with van der Waals surface area (Å²) in [5.74, 6) is 0.223. The maximum Gasteiger partial charge on any atom is 0.236 e. The molecule has 0 aliphatic heterocycles. The van der Waals surface area contributed by atoms with Gasteiger partial charge in [0.2, 0.25) is 11.8 Å². The Morgan fingerprint density at radius 3 is 1.94 bits per heavy atom. The summed E-state index contributed by atoms with van der Waals surface area (Å²) in [6.45, 7) is 8.19. The molecule has 0 aromatic heterocycles. The molecule has 0 bridgehead atoms. The van der Waals surface area contributed by atoms with Crippen LogP contribution in [0.1, 0.15) is 27.7 Å². The van der Waals surface area contributed by atoms with Crippen LogP contribution in [0.15, 0.2) is 0 Å². The lowest BCUT2D eigenvalue weighted by Gasteiger charge is -2.19. The highest BCUT2D eigenvalue weighted by atomic mass is 16.2. The van der Waals surface area contributed by atoms with Crippen molar-refractivity contribution in [3.05, 3.63) is 0 Å². The fraction of sp³-hybridized carbons (Fsp3) is 0.818. The van der Waals surface area contributed by atoms with Gasteiger partial charge in [-0.05, 0) is 19.8 Å². The standard InChI is InChI=1S/C11H23N3O2/c1-7(2)6-13-11(16)9(4)14-8(3)10(15)12-5/h7-9,14H,6H2,1-5H3,(H,12,15)(H,13,16). The molecule has 0 aromatic rings. The van der Waals surface area contributed by atoms with Crippen LogP contribution >= 0.6 is 0 Å². The van der Waals surface area contributed by atoms with Gasteiger partial charge in [0.15, 0.2) is 0 Å². The normalized spacial score (nSPS) is 14.4. The Labute approximate surface area is 97.4 Å². The lowest BCUT2D eigenvalue weighted by Crippen LogP contribution is -2.50. The molecule has 0 spiro atoms. The number of hydrogen-bond acceptors (Lipinski definition) is 3. The highest BCUT2D eigenvalue weighted by Crippen LogP contribution is 1.91. The van der Waals surface area contributed by atoms with E-state index in [2.05, 4.69) is 16.0 Å². The zero-order valence-corrected chi connectivity index (χ0v) is 10.8. The average molecular weight is 229 g/mol. The lowest BCUT2D eigenvalue weighted by molar-refractivity contribution is -0.124. The second-order valence-corrected chi connectivity index (χ2v) is 4.36. The number of carbonyl (C=O) groups is 2. The lowest BCUT2D eigenvalue weighted by atomic mass is 10.2. The molecule has 3 N–H and O–H groups in total. The predicted octanol–water partition coefficient (Wildman–Crippen LogP) is -0.129. The van der Waals surface area contributed by atoms with Crippen molar-refractivity contribution in [2.24, 2.45) is 5.92 Å². The Morgan fingerprint density at radius 1 is 1.00 bits per heavy atom. The second kappa shape index (κ2) is 7.22. The van der Waals surface area contributed by atoms with Gasteiger partial charge in [0.1, 0.15) is 0 Å². The Bertz CT molecular complexity index is 241. The van der Waals surface area contributed by atoms with E-state index in [1.165, 1.54) is 0 Å². The summed E-state index contributed by atoms with van der Waals surface area (Å²) in [4.78, 5) is 22.8. The van der Waals surface area contributed by atoms with Crippen molar-refractivity contribution in [3.8, 4) is 0 Å². The molecule has 0 saturated heterocycles. The Balaban J connectivity index is 4.00. The second-order valence-electron chi connectivity index (χ2n) is 4.36. The molecule has 94 valence electrons. The summed E-state index contributed by atoms with van der Waals surface area (Å²) >= 11 is 0. The van der Waals surface area contributed by atoms with Gasteiger partial charge in [0, 0.05) is 13.6 Å².